The van der Waals surface area contributed by atoms with Gasteiger partial charge >= 0.3 is 5.56 Å². The summed E-state index contributed by atoms with van der Waals surface area (Å²) in [7, 11) is 0. The van der Waals surface area contributed by atoms with Crippen LogP contribution < -0.4 is 15.2 Å². The highest BCUT2D eigenvalue weighted by Gasteiger charge is 2.23. The van der Waals surface area contributed by atoms with Gasteiger partial charge < -0.3 is 14.5 Å². The Morgan fingerprint density at radius 2 is 1.47 bits per heavy atom. The fourth-order valence-electron chi connectivity index (χ4n) is 4.06. The van der Waals surface area contributed by atoms with E-state index in [1.54, 1.807) is 59.6 Å². The number of anilines is 1. The molecule has 1 aliphatic rings. The van der Waals surface area contributed by atoms with Gasteiger partial charge in [0, 0.05) is 31.2 Å². The first-order chi connectivity index (χ1) is 17.5. The second-order valence-electron chi connectivity index (χ2n) is 8.31. The normalized spacial score (nSPS) is 13.5. The lowest BCUT2D eigenvalue weighted by Gasteiger charge is -2.34. The largest absolute Gasteiger partial charge is 0.449 e. The van der Waals surface area contributed by atoms with E-state index >= 15 is 0 Å². The van der Waals surface area contributed by atoms with Gasteiger partial charge in [-0.2, -0.15) is 9.78 Å². The van der Waals surface area contributed by atoms with Gasteiger partial charge in [0.25, 0.3) is 0 Å². The van der Waals surface area contributed by atoms with E-state index in [-0.39, 0.29) is 11.6 Å². The predicted molar refractivity (Wildman–Crippen MR) is 137 cm³/mol. The molecule has 7 nitrogen and oxygen atoms in total. The van der Waals surface area contributed by atoms with E-state index in [0.717, 1.165) is 17.5 Å². The first-order valence-corrected chi connectivity index (χ1v) is 11.8. The molecule has 0 saturated carbocycles. The molecule has 1 fully saturated rings. The number of rotatable bonds is 6. The maximum atomic E-state index is 13.6. The van der Waals surface area contributed by atoms with E-state index in [2.05, 4.69) is 5.10 Å². The van der Waals surface area contributed by atoms with Crippen molar-refractivity contribution >= 4 is 23.7 Å². The lowest BCUT2D eigenvalue weighted by molar-refractivity contribution is -0.118. The van der Waals surface area contributed by atoms with Gasteiger partial charge in [-0.15, -0.1) is 0 Å². The standard InChI is InChI=1S/C27H22ClFN4O3/c28-21-5-9-23(10-6-21)33-27(35)26(25(17-30-33)32-15-13-31(18-34)14-16-32)36-24-11-3-20(4-12-24)19-1-7-22(29)8-2-19/h1-12,17-18H,13-16H2. The molecule has 0 unspecified atom stereocenters. The van der Waals surface area contributed by atoms with Gasteiger partial charge in [0.15, 0.2) is 0 Å². The topological polar surface area (TPSA) is 67.7 Å². The molecule has 0 bridgehead atoms. The molecule has 0 N–H and O–H groups in total. The lowest BCUT2D eigenvalue weighted by Crippen LogP contribution is -2.46. The minimum atomic E-state index is -0.421. The maximum Gasteiger partial charge on any atom is 0.316 e. The van der Waals surface area contributed by atoms with Crippen LogP contribution in [0.1, 0.15) is 0 Å². The molecule has 9 heteroatoms. The number of ether oxygens (including phenoxy) is 1. The SMILES string of the molecule is O=CN1CCN(c2cnn(-c3ccc(Cl)cc3)c(=O)c2Oc2ccc(-c3ccc(F)cc3)cc2)CC1. The van der Waals surface area contributed by atoms with Gasteiger partial charge in [-0.1, -0.05) is 35.9 Å². The second kappa shape index (κ2) is 10.2. The monoisotopic (exact) mass is 504 g/mol. The number of hydrogen-bond acceptors (Lipinski definition) is 5. The molecule has 0 radical (unpaired) electrons. The highest BCUT2D eigenvalue weighted by Crippen LogP contribution is 2.31. The number of piperazine rings is 1. The van der Waals surface area contributed by atoms with Crippen LogP contribution in [0.25, 0.3) is 16.8 Å². The van der Waals surface area contributed by atoms with Crippen LogP contribution in [-0.2, 0) is 4.79 Å². The number of amides is 1. The van der Waals surface area contributed by atoms with Gasteiger partial charge in [0.05, 0.1) is 11.9 Å². The lowest BCUT2D eigenvalue weighted by atomic mass is 10.1. The zero-order valence-corrected chi connectivity index (χ0v) is 19.9. The third-order valence-corrected chi connectivity index (χ3v) is 6.29. The molecule has 182 valence electrons. The van der Waals surface area contributed by atoms with E-state index in [1.165, 1.54) is 16.8 Å². The molecule has 36 heavy (non-hydrogen) atoms. The first kappa shape index (κ1) is 23.6. The number of halogens is 2. The molecule has 4 aromatic rings. The Hall–Kier alpha value is -4.17. The quantitative estimate of drug-likeness (QED) is 0.354. The third kappa shape index (κ3) is 4.94. The molecule has 1 saturated heterocycles. The summed E-state index contributed by atoms with van der Waals surface area (Å²) < 4.78 is 20.7. The number of carbonyl (C=O) groups is 1. The average molecular weight is 505 g/mol. The minimum absolute atomic E-state index is 0.133. The minimum Gasteiger partial charge on any atom is -0.449 e. The molecule has 2 heterocycles. The summed E-state index contributed by atoms with van der Waals surface area (Å²) in [5, 5.41) is 4.93. The summed E-state index contributed by atoms with van der Waals surface area (Å²) in [4.78, 5) is 28.4. The van der Waals surface area contributed by atoms with Crippen LogP contribution in [0.5, 0.6) is 11.5 Å². The van der Waals surface area contributed by atoms with Crippen LogP contribution in [-0.4, -0.2) is 47.3 Å². The fourth-order valence-corrected chi connectivity index (χ4v) is 4.19. The Morgan fingerprint density at radius 3 is 2.08 bits per heavy atom. The zero-order chi connectivity index (χ0) is 25.1. The van der Waals surface area contributed by atoms with Gasteiger partial charge in [0.1, 0.15) is 17.3 Å². The summed E-state index contributed by atoms with van der Waals surface area (Å²) in [6, 6.07) is 20.2. The Labute approximate surface area is 211 Å². The first-order valence-electron chi connectivity index (χ1n) is 11.4. The van der Waals surface area contributed by atoms with Crippen molar-refractivity contribution in [2.75, 3.05) is 31.1 Å². The number of nitrogens with zero attached hydrogens (tertiary/aromatic N) is 4. The van der Waals surface area contributed by atoms with Crippen LogP contribution in [0.3, 0.4) is 0 Å². The van der Waals surface area contributed by atoms with Crippen molar-refractivity contribution in [1.82, 2.24) is 14.7 Å². The highest BCUT2D eigenvalue weighted by molar-refractivity contribution is 6.30. The summed E-state index contributed by atoms with van der Waals surface area (Å²) in [6.07, 6.45) is 2.43. The molecule has 1 aliphatic heterocycles. The molecular weight excluding hydrogens is 483 g/mol. The number of carbonyl (C=O) groups excluding carboxylic acids is 1. The predicted octanol–water partition coefficient (Wildman–Crippen LogP) is 4.76. The Balaban J connectivity index is 1.50. The number of aromatic nitrogens is 2. The van der Waals surface area contributed by atoms with E-state index in [1.807, 2.05) is 17.0 Å². The Morgan fingerprint density at radius 1 is 0.861 bits per heavy atom. The van der Waals surface area contributed by atoms with Crippen LogP contribution in [0.4, 0.5) is 10.1 Å². The average Bonchev–Trinajstić information content (AvgIpc) is 2.91. The molecule has 1 amide bonds. The summed E-state index contributed by atoms with van der Waals surface area (Å²) in [5.41, 5.74) is 2.44. The number of benzene rings is 3. The van der Waals surface area contributed by atoms with Gasteiger partial charge in [-0.05, 0) is 59.7 Å². The molecule has 0 spiro atoms. The molecule has 3 aromatic carbocycles. The highest BCUT2D eigenvalue weighted by atomic mass is 35.5. The smallest absolute Gasteiger partial charge is 0.316 e. The van der Waals surface area contributed by atoms with Gasteiger partial charge in [0.2, 0.25) is 12.2 Å². The van der Waals surface area contributed by atoms with E-state index in [0.29, 0.717) is 48.3 Å². The summed E-state index contributed by atoms with van der Waals surface area (Å²) >= 11 is 6.01. The fraction of sp³-hybridized carbons (Fsp3) is 0.148. The van der Waals surface area contributed by atoms with E-state index in [4.69, 9.17) is 16.3 Å². The van der Waals surface area contributed by atoms with Crippen molar-refractivity contribution in [3.8, 4) is 28.3 Å². The third-order valence-electron chi connectivity index (χ3n) is 6.04. The second-order valence-corrected chi connectivity index (χ2v) is 8.75. The summed E-state index contributed by atoms with van der Waals surface area (Å²) in [6.45, 7) is 2.17. The Bertz CT molecular complexity index is 1420. The van der Waals surface area contributed by atoms with Crippen LogP contribution >= 0.6 is 11.6 Å². The van der Waals surface area contributed by atoms with Crippen molar-refractivity contribution in [1.29, 1.82) is 0 Å². The van der Waals surface area contributed by atoms with Crippen molar-refractivity contribution in [2.45, 2.75) is 0 Å². The van der Waals surface area contributed by atoms with Crippen LogP contribution in [0, 0.1) is 5.82 Å². The van der Waals surface area contributed by atoms with Gasteiger partial charge in [-0.3, -0.25) is 9.59 Å². The molecule has 1 aromatic heterocycles. The molecular formula is C27H22ClFN4O3. The Kier molecular flexibility index (Phi) is 6.69. The van der Waals surface area contributed by atoms with Crippen molar-refractivity contribution < 1.29 is 13.9 Å². The number of hydrogen-bond donors (Lipinski definition) is 0. The van der Waals surface area contributed by atoms with Crippen LogP contribution in [0.2, 0.25) is 5.02 Å². The van der Waals surface area contributed by atoms with Crippen molar-refractivity contribution in [3.05, 3.63) is 100 Å². The maximum absolute atomic E-state index is 13.6. The van der Waals surface area contributed by atoms with E-state index in [9.17, 15) is 14.0 Å². The molecule has 5 rings (SSSR count). The zero-order valence-electron chi connectivity index (χ0n) is 19.2. The van der Waals surface area contributed by atoms with Gasteiger partial charge in [-0.25, -0.2) is 4.39 Å². The molecule has 0 atom stereocenters. The van der Waals surface area contributed by atoms with Crippen LogP contribution in [0.15, 0.2) is 83.8 Å². The van der Waals surface area contributed by atoms with Crippen molar-refractivity contribution in [2.24, 2.45) is 0 Å². The molecule has 0 aliphatic carbocycles. The van der Waals surface area contributed by atoms with Crippen molar-refractivity contribution in [3.63, 3.8) is 0 Å². The summed E-state index contributed by atoms with van der Waals surface area (Å²) in [5.74, 6) is 0.309. The van der Waals surface area contributed by atoms with E-state index < -0.39 is 5.56 Å².